The molecule has 0 saturated heterocycles. The molecule has 0 aliphatic rings. The van der Waals surface area contributed by atoms with Crippen molar-refractivity contribution in [2.75, 3.05) is 0 Å². The van der Waals surface area contributed by atoms with Gasteiger partial charge in [-0.25, -0.2) is 0 Å². The number of benzene rings is 8. The number of hydrogen-bond acceptors (Lipinski definition) is 0. The Balaban J connectivity index is 0.000000407. The van der Waals surface area contributed by atoms with E-state index >= 15 is 0 Å². The van der Waals surface area contributed by atoms with Gasteiger partial charge >= 0.3 is 93.8 Å². The van der Waals surface area contributed by atoms with Crippen LogP contribution in [0, 0.1) is 0 Å². The number of halogens is 12. The molecule has 0 heterocycles. The molecule has 0 nitrogen and oxygen atoms in total. The second kappa shape index (κ2) is 17.3. The van der Waals surface area contributed by atoms with E-state index in [1.54, 1.807) is 0 Å². The van der Waals surface area contributed by atoms with Crippen molar-refractivity contribution in [3.8, 4) is 11.1 Å². The van der Waals surface area contributed by atoms with Crippen LogP contribution < -0.4 is 31.8 Å². The fourth-order valence-corrected chi connectivity index (χ4v) is 11.1. The van der Waals surface area contributed by atoms with Crippen LogP contribution in [0.2, 0.25) is 0 Å². The van der Waals surface area contributed by atoms with Gasteiger partial charge in [-0.15, -0.1) is 0 Å². The third-order valence-electron chi connectivity index (χ3n) is 8.60. The normalized spacial score (nSPS) is 13.9. The van der Waals surface area contributed by atoms with Gasteiger partial charge in [0.1, 0.15) is 0 Å². The quantitative estimate of drug-likeness (QED) is 0.0848. The monoisotopic (exact) mass is 1290 g/mol. The molecule has 0 unspecified atom stereocenters. The van der Waals surface area contributed by atoms with Crippen molar-refractivity contribution in [3.63, 3.8) is 0 Å². The van der Waals surface area contributed by atoms with Crippen LogP contribution in [-0.4, -0.2) is 39.0 Å². The number of fused-ring (bicyclic) bond motifs is 2. The van der Waals surface area contributed by atoms with Gasteiger partial charge in [-0.1, -0.05) is 182 Å². The van der Waals surface area contributed by atoms with Crippen molar-refractivity contribution in [3.05, 3.63) is 194 Å². The van der Waals surface area contributed by atoms with Gasteiger partial charge in [-0.05, 0) is 92.5 Å². The Morgan fingerprint density at radius 2 is 0.508 bits per heavy atom. The van der Waals surface area contributed by atoms with Gasteiger partial charge in [0.15, 0.2) is 0 Å². The summed E-state index contributed by atoms with van der Waals surface area (Å²) in [6.45, 7) is 0. The van der Waals surface area contributed by atoms with Crippen molar-refractivity contribution in [2.24, 2.45) is 0 Å². The maximum Gasteiger partial charge on any atom is 2.00 e. The smallest absolute Gasteiger partial charge is 0.0622 e. The van der Waals surface area contributed by atoms with Crippen LogP contribution in [0.1, 0.15) is 0 Å². The van der Waals surface area contributed by atoms with E-state index in [0.29, 0.717) is 0 Å². The standard InChI is InChI=1S/C44H32P2.12FH.Pt.2Sb/c1-5-17-35(18-6-1)45(36-19-7-2-8-20-36)39-29-27-33-15-13-25-41(43(33)31-39)42-26-14-16-34-28-30-40(32-44(34)42)46(37-21-9-3-10-22-37)38-23-11-4-12-24-38;;;;;;;;;;;;;;;/h1-32H;12*1H;;;/q;;;;;;;;;;;;;+2;2*+5/p-12. The summed E-state index contributed by atoms with van der Waals surface area (Å²) in [6, 6.07) is 71.7. The molecule has 0 N–H and O–H groups in total. The van der Waals surface area contributed by atoms with Gasteiger partial charge in [-0.3, -0.25) is 0 Å². The maximum absolute atomic E-state index is 11.2. The molecular formula is C44H32F12P2PtSb2. The number of rotatable bonds is 7. The van der Waals surface area contributed by atoms with Crippen LogP contribution in [-0.2, 0) is 21.1 Å². The van der Waals surface area contributed by atoms with Crippen LogP contribution >= 0.6 is 15.8 Å². The van der Waals surface area contributed by atoms with Gasteiger partial charge in [0, 0.05) is 0 Å². The van der Waals surface area contributed by atoms with E-state index in [1.807, 2.05) is 0 Å². The van der Waals surface area contributed by atoms with E-state index in [2.05, 4.69) is 194 Å². The maximum atomic E-state index is 9.93. The van der Waals surface area contributed by atoms with Crippen LogP contribution in [0.15, 0.2) is 194 Å². The van der Waals surface area contributed by atoms with E-state index < -0.39 is 54.8 Å². The number of hydrogen-bond donors (Lipinski definition) is 0. The Kier molecular flexibility index (Phi) is 13.8. The predicted molar refractivity (Wildman–Crippen MR) is 229 cm³/mol. The zero-order chi connectivity index (χ0) is 43.5. The molecule has 0 saturated carbocycles. The second-order valence-corrected chi connectivity index (χ2v) is 28.7. The van der Waals surface area contributed by atoms with Gasteiger partial charge in [-0.2, -0.15) is 0 Å². The van der Waals surface area contributed by atoms with E-state index in [0.717, 1.165) is 0 Å². The average Bonchev–Trinajstić information content (AvgIpc) is 3.17. The van der Waals surface area contributed by atoms with E-state index in [4.69, 9.17) is 0 Å². The summed E-state index contributed by atoms with van der Waals surface area (Å²) in [5.41, 5.74) is 2.56. The summed E-state index contributed by atoms with van der Waals surface area (Å²) in [4.78, 5) is 0. The summed E-state index contributed by atoms with van der Waals surface area (Å²) in [5.74, 6) is 0. The summed E-state index contributed by atoms with van der Waals surface area (Å²) >= 11 is -22.5. The van der Waals surface area contributed by atoms with Crippen LogP contribution in [0.4, 0.5) is 33.8 Å². The van der Waals surface area contributed by atoms with E-state index in [1.165, 1.54) is 64.5 Å². The molecule has 0 aliphatic heterocycles. The van der Waals surface area contributed by atoms with Crippen molar-refractivity contribution < 1.29 is 54.8 Å². The molecule has 0 aliphatic carbocycles. The minimum Gasteiger partial charge on any atom is -0.0622 e. The fourth-order valence-electron chi connectivity index (χ4n) is 6.47. The van der Waals surface area contributed by atoms with Crippen molar-refractivity contribution >= 4 is 108 Å². The van der Waals surface area contributed by atoms with Gasteiger partial charge < -0.3 is 0 Å². The van der Waals surface area contributed by atoms with Gasteiger partial charge in [0.05, 0.1) is 0 Å². The molecule has 0 atom stereocenters. The first-order valence-corrected chi connectivity index (χ1v) is 32.0. The van der Waals surface area contributed by atoms with Crippen molar-refractivity contribution in [1.82, 2.24) is 0 Å². The van der Waals surface area contributed by atoms with E-state index in [9.17, 15) is 33.8 Å². The fraction of sp³-hybridized carbons (Fsp3) is 0. The third kappa shape index (κ3) is 16.0. The average molecular weight is 1290 g/mol. The summed E-state index contributed by atoms with van der Waals surface area (Å²) in [7, 11) is -1.40. The summed E-state index contributed by atoms with van der Waals surface area (Å²) < 4.78 is 119. The molecule has 61 heavy (non-hydrogen) atoms. The molecule has 0 amide bonds. The first-order chi connectivity index (χ1) is 27.7. The minimum atomic E-state index is -11.2. The first-order valence-electron chi connectivity index (χ1n) is 17.7. The molecule has 0 aromatic heterocycles. The zero-order valence-corrected chi connectivity index (χ0v) is 40.3. The minimum absolute atomic E-state index is 0. The Labute approximate surface area is 365 Å². The SMILES string of the molecule is [F][Sb-]([F])([F])([F])([F])[F].[F][Sb-]([F])([F])([F])([F])[F].[Pt+2].c1ccc(P(c2ccccc2)c2ccc3cccc(-c4cccc5ccc(P(c6ccccc6)c6ccccc6)cc45)c3c2)cc1. The molecule has 8 aromatic carbocycles. The van der Waals surface area contributed by atoms with Crippen LogP contribution in [0.5, 0.6) is 0 Å². The Morgan fingerprint density at radius 3 is 0.754 bits per heavy atom. The van der Waals surface area contributed by atoms with Gasteiger partial charge in [0.2, 0.25) is 0 Å². The van der Waals surface area contributed by atoms with E-state index in [-0.39, 0.29) is 21.1 Å². The summed E-state index contributed by atoms with van der Waals surface area (Å²) in [6.07, 6.45) is 0. The summed E-state index contributed by atoms with van der Waals surface area (Å²) in [5, 5.41) is 13.3. The predicted octanol–water partition coefficient (Wildman–Crippen LogP) is 13.5. The first kappa shape index (κ1) is 48.7. The Morgan fingerprint density at radius 1 is 0.262 bits per heavy atom. The Hall–Kier alpha value is -3.38. The molecule has 8 rings (SSSR count). The Bertz CT molecular complexity index is 2450. The van der Waals surface area contributed by atoms with Crippen LogP contribution in [0.25, 0.3) is 32.7 Å². The molecule has 0 radical (unpaired) electrons. The molecule has 0 spiro atoms. The van der Waals surface area contributed by atoms with Crippen molar-refractivity contribution in [2.45, 2.75) is 0 Å². The zero-order valence-electron chi connectivity index (χ0n) is 31.1. The largest absolute Gasteiger partial charge is 2.00 e. The topological polar surface area (TPSA) is 0 Å². The molecule has 8 aromatic rings. The molecule has 0 fully saturated rings. The third-order valence-corrected chi connectivity index (χ3v) is 13.4. The van der Waals surface area contributed by atoms with Crippen molar-refractivity contribution in [1.29, 1.82) is 0 Å². The van der Waals surface area contributed by atoms with Gasteiger partial charge in [0.25, 0.3) is 0 Å². The van der Waals surface area contributed by atoms with Crippen LogP contribution in [0.3, 0.4) is 0 Å². The molecule has 322 valence electrons. The molecule has 17 heteroatoms. The molecule has 0 bridgehead atoms. The second-order valence-electron chi connectivity index (χ2n) is 13.4. The molecular weight excluding hydrogens is 1260 g/mol.